The zero-order chi connectivity index (χ0) is 20.3. The Hall–Kier alpha value is -2.81. The first-order valence-electron chi connectivity index (χ1n) is 8.67. The lowest BCUT2D eigenvalue weighted by molar-refractivity contribution is -0.129. The average molecular weight is 470 g/mol. The molecule has 0 spiro atoms. The maximum absolute atomic E-state index is 14.1. The molecule has 0 radical (unpaired) electrons. The summed E-state index contributed by atoms with van der Waals surface area (Å²) in [5.41, 5.74) is 5.41. The van der Waals surface area contributed by atoms with E-state index >= 15 is 0 Å². The number of benzene rings is 3. The smallest absolute Gasteiger partial charge is 0.266 e. The first-order chi connectivity index (χ1) is 13.9. The Labute approximate surface area is 177 Å². The summed E-state index contributed by atoms with van der Waals surface area (Å²) in [5.74, 6) is -1.25. The summed E-state index contributed by atoms with van der Waals surface area (Å²) in [6.07, 6.45) is 0. The molecule has 4 N–H and O–H groups in total. The van der Waals surface area contributed by atoms with Crippen LogP contribution in [0.15, 0.2) is 59.1 Å². The number of amides is 1. The number of nitrogens with two attached hydrogens (primary N) is 1. The average Bonchev–Trinajstić information content (AvgIpc) is 3.21. The Morgan fingerprint density at radius 3 is 2.69 bits per heavy atom. The van der Waals surface area contributed by atoms with E-state index in [9.17, 15) is 14.3 Å². The molecule has 5 nitrogen and oxygen atoms in total. The standard InChI is InChI=1S/C21H13BrFN3O2S/c22-15-9-13(23)8-14-17(15)25-19(27)21(14,28)18-16(26-20(24)29-18)12-6-5-10-3-1-2-4-11(10)7-12/h1-9,28H,(H2,24,26)(H,25,27)/t21-/m1/s1. The Balaban J connectivity index is 1.76. The molecule has 1 aromatic heterocycles. The van der Waals surface area contributed by atoms with E-state index in [1.165, 1.54) is 6.07 Å². The largest absolute Gasteiger partial charge is 0.375 e. The number of aliphatic hydroxyl groups is 1. The summed E-state index contributed by atoms with van der Waals surface area (Å²) in [6.45, 7) is 0. The molecule has 3 aromatic carbocycles. The molecule has 29 heavy (non-hydrogen) atoms. The van der Waals surface area contributed by atoms with Crippen LogP contribution in [0, 0.1) is 5.82 Å². The number of halogens is 2. The molecule has 0 aliphatic carbocycles. The van der Waals surface area contributed by atoms with Gasteiger partial charge in [0, 0.05) is 15.6 Å². The van der Waals surface area contributed by atoms with E-state index < -0.39 is 17.3 Å². The van der Waals surface area contributed by atoms with Gasteiger partial charge in [0.05, 0.1) is 16.3 Å². The van der Waals surface area contributed by atoms with E-state index in [0.29, 0.717) is 21.4 Å². The number of anilines is 2. The molecule has 0 fully saturated rings. The number of carbonyl (C=O) groups is 1. The summed E-state index contributed by atoms with van der Waals surface area (Å²) in [4.78, 5) is 17.5. The SMILES string of the molecule is Nc1nc(-c2ccc3ccccc3c2)c([C@@]2(O)C(=O)Nc3c(Br)cc(F)cc32)s1. The molecule has 1 amide bonds. The second kappa shape index (κ2) is 6.35. The molecule has 1 aliphatic heterocycles. The monoisotopic (exact) mass is 469 g/mol. The number of aromatic nitrogens is 1. The Bertz CT molecular complexity index is 1320. The minimum Gasteiger partial charge on any atom is -0.375 e. The maximum Gasteiger partial charge on any atom is 0.266 e. The first-order valence-corrected chi connectivity index (χ1v) is 10.3. The fourth-order valence-electron chi connectivity index (χ4n) is 3.65. The highest BCUT2D eigenvalue weighted by molar-refractivity contribution is 9.10. The van der Waals surface area contributed by atoms with Gasteiger partial charge in [0.2, 0.25) is 5.60 Å². The summed E-state index contributed by atoms with van der Waals surface area (Å²) < 4.78 is 14.4. The van der Waals surface area contributed by atoms with Gasteiger partial charge in [-0.1, -0.05) is 47.7 Å². The molecule has 4 aromatic rings. The van der Waals surface area contributed by atoms with Gasteiger partial charge >= 0.3 is 0 Å². The van der Waals surface area contributed by atoms with Gasteiger partial charge in [-0.2, -0.15) is 0 Å². The van der Waals surface area contributed by atoms with Crippen LogP contribution in [0.25, 0.3) is 22.0 Å². The van der Waals surface area contributed by atoms with Gasteiger partial charge in [-0.3, -0.25) is 4.79 Å². The number of fused-ring (bicyclic) bond motifs is 2. The highest BCUT2D eigenvalue weighted by Crippen LogP contribution is 2.49. The van der Waals surface area contributed by atoms with Crippen LogP contribution in [0.2, 0.25) is 0 Å². The van der Waals surface area contributed by atoms with Crippen molar-refractivity contribution in [1.29, 1.82) is 0 Å². The van der Waals surface area contributed by atoms with E-state index in [0.717, 1.165) is 28.2 Å². The van der Waals surface area contributed by atoms with Crippen molar-refractivity contribution >= 4 is 54.8 Å². The van der Waals surface area contributed by atoms with Gasteiger partial charge in [0.15, 0.2) is 5.13 Å². The summed E-state index contributed by atoms with van der Waals surface area (Å²) in [5, 5.41) is 16.4. The van der Waals surface area contributed by atoms with Gasteiger partial charge in [-0.05, 0) is 44.9 Å². The molecule has 0 bridgehead atoms. The van der Waals surface area contributed by atoms with E-state index in [1.54, 1.807) is 0 Å². The summed E-state index contributed by atoms with van der Waals surface area (Å²) in [6, 6.07) is 15.9. The van der Waals surface area contributed by atoms with Crippen LogP contribution in [0.3, 0.4) is 0 Å². The molecular weight excluding hydrogens is 457 g/mol. The van der Waals surface area contributed by atoms with Crippen molar-refractivity contribution in [2.24, 2.45) is 0 Å². The number of nitrogen functional groups attached to an aromatic ring is 1. The second-order valence-corrected chi connectivity index (χ2v) is 8.65. The molecule has 2 heterocycles. The van der Waals surface area contributed by atoms with Crippen LogP contribution < -0.4 is 11.1 Å². The molecule has 1 aliphatic rings. The van der Waals surface area contributed by atoms with Crippen LogP contribution in [-0.4, -0.2) is 16.0 Å². The molecule has 144 valence electrons. The van der Waals surface area contributed by atoms with Crippen LogP contribution in [-0.2, 0) is 10.4 Å². The third kappa shape index (κ3) is 2.67. The quantitative estimate of drug-likeness (QED) is 0.399. The van der Waals surface area contributed by atoms with E-state index in [4.69, 9.17) is 5.73 Å². The lowest BCUT2D eigenvalue weighted by Crippen LogP contribution is -2.35. The second-order valence-electron chi connectivity index (χ2n) is 6.77. The third-order valence-electron chi connectivity index (χ3n) is 5.01. The lowest BCUT2D eigenvalue weighted by atomic mass is 9.90. The number of rotatable bonds is 2. The number of nitrogens with zero attached hydrogens (tertiary/aromatic N) is 1. The molecule has 0 unspecified atom stereocenters. The fraction of sp³-hybridized carbons (Fsp3) is 0.0476. The normalized spacial score (nSPS) is 18.1. The number of thiazole rings is 1. The topological polar surface area (TPSA) is 88.2 Å². The number of hydrogen-bond acceptors (Lipinski definition) is 5. The van der Waals surface area contributed by atoms with Gasteiger partial charge in [0.1, 0.15) is 5.82 Å². The molecular formula is C21H13BrFN3O2S. The van der Waals surface area contributed by atoms with Crippen molar-refractivity contribution in [3.63, 3.8) is 0 Å². The van der Waals surface area contributed by atoms with Crippen LogP contribution in [0.1, 0.15) is 10.4 Å². The highest BCUT2D eigenvalue weighted by Gasteiger charge is 2.51. The Kier molecular flexibility index (Phi) is 3.99. The van der Waals surface area contributed by atoms with Crippen molar-refractivity contribution in [1.82, 2.24) is 4.98 Å². The van der Waals surface area contributed by atoms with Crippen molar-refractivity contribution in [2.45, 2.75) is 5.60 Å². The number of carbonyl (C=O) groups excluding carboxylic acids is 1. The number of nitrogens with one attached hydrogen (secondary N) is 1. The van der Waals surface area contributed by atoms with Crippen LogP contribution >= 0.6 is 27.3 Å². The lowest BCUT2D eigenvalue weighted by Gasteiger charge is -2.21. The van der Waals surface area contributed by atoms with E-state index in [-0.39, 0.29) is 15.6 Å². The maximum atomic E-state index is 14.1. The van der Waals surface area contributed by atoms with Gasteiger partial charge in [-0.15, -0.1) is 0 Å². The minimum atomic E-state index is -2.10. The number of hydrogen-bond donors (Lipinski definition) is 3. The predicted octanol–water partition coefficient (Wildman–Crippen LogP) is 4.64. The molecule has 1 atom stereocenters. The predicted molar refractivity (Wildman–Crippen MR) is 115 cm³/mol. The molecule has 0 saturated carbocycles. The Morgan fingerprint density at radius 1 is 1.14 bits per heavy atom. The molecule has 5 rings (SSSR count). The zero-order valence-electron chi connectivity index (χ0n) is 14.7. The zero-order valence-corrected chi connectivity index (χ0v) is 17.1. The summed E-state index contributed by atoms with van der Waals surface area (Å²) in [7, 11) is 0. The molecule has 0 saturated heterocycles. The minimum absolute atomic E-state index is 0.125. The highest BCUT2D eigenvalue weighted by atomic mass is 79.9. The van der Waals surface area contributed by atoms with Crippen LogP contribution in [0.4, 0.5) is 15.2 Å². The summed E-state index contributed by atoms with van der Waals surface area (Å²) >= 11 is 4.25. The fourth-order valence-corrected chi connectivity index (χ4v) is 5.14. The van der Waals surface area contributed by atoms with Crippen molar-refractivity contribution in [3.8, 4) is 11.3 Å². The van der Waals surface area contributed by atoms with Crippen molar-refractivity contribution < 1.29 is 14.3 Å². The Morgan fingerprint density at radius 2 is 1.90 bits per heavy atom. The third-order valence-corrected chi connectivity index (χ3v) is 6.63. The van der Waals surface area contributed by atoms with Crippen LogP contribution in [0.5, 0.6) is 0 Å². The van der Waals surface area contributed by atoms with Crippen molar-refractivity contribution in [3.05, 3.63) is 75.3 Å². The molecule has 8 heteroatoms. The first kappa shape index (κ1) is 18.2. The van der Waals surface area contributed by atoms with E-state index in [1.807, 2.05) is 42.5 Å². The van der Waals surface area contributed by atoms with Gasteiger partial charge < -0.3 is 16.2 Å². The van der Waals surface area contributed by atoms with Gasteiger partial charge in [-0.25, -0.2) is 9.37 Å². The van der Waals surface area contributed by atoms with E-state index in [2.05, 4.69) is 26.2 Å². The van der Waals surface area contributed by atoms with Crippen molar-refractivity contribution in [2.75, 3.05) is 11.1 Å². The van der Waals surface area contributed by atoms with Gasteiger partial charge in [0.25, 0.3) is 5.91 Å².